The van der Waals surface area contributed by atoms with Crippen LogP contribution in [0.1, 0.15) is 11.3 Å². The molecule has 10 heteroatoms. The van der Waals surface area contributed by atoms with Gasteiger partial charge in [-0.2, -0.15) is 0 Å². The van der Waals surface area contributed by atoms with Crippen LogP contribution in [0.2, 0.25) is 5.02 Å². The number of aryl methyl sites for hydroxylation is 1. The second-order valence-electron chi connectivity index (χ2n) is 9.30. The summed E-state index contributed by atoms with van der Waals surface area (Å²) in [5.41, 5.74) is 5.46. The van der Waals surface area contributed by atoms with Gasteiger partial charge in [0.15, 0.2) is 0 Å². The molecule has 9 nitrogen and oxygen atoms in total. The molecular formula is C28H26ClN7O2. The summed E-state index contributed by atoms with van der Waals surface area (Å²) in [5, 5.41) is 3.65. The van der Waals surface area contributed by atoms with Crippen LogP contribution in [0.25, 0.3) is 16.7 Å². The summed E-state index contributed by atoms with van der Waals surface area (Å²) in [4.78, 5) is 40.3. The number of anilines is 2. The molecule has 38 heavy (non-hydrogen) atoms. The van der Waals surface area contributed by atoms with E-state index >= 15 is 0 Å². The summed E-state index contributed by atoms with van der Waals surface area (Å²) in [6.45, 7) is 5.14. The average Bonchev–Trinajstić information content (AvgIpc) is 3.44. The monoisotopic (exact) mass is 527 g/mol. The van der Waals surface area contributed by atoms with E-state index in [1.807, 2.05) is 43.3 Å². The normalized spacial score (nSPS) is 14.2. The van der Waals surface area contributed by atoms with E-state index < -0.39 is 0 Å². The summed E-state index contributed by atoms with van der Waals surface area (Å²) in [7, 11) is 0. The fraction of sp³-hybridized carbons (Fsp3) is 0.179. The van der Waals surface area contributed by atoms with Crippen molar-refractivity contribution < 1.29 is 0 Å². The zero-order chi connectivity index (χ0) is 26.2. The molecule has 0 bridgehead atoms. The number of halogens is 1. The number of benzene rings is 3. The third-order valence-corrected chi connectivity index (χ3v) is 7.10. The lowest BCUT2D eigenvalue weighted by molar-refractivity contribution is 0.654. The van der Waals surface area contributed by atoms with Crippen LogP contribution in [0.15, 0.2) is 81.3 Å². The van der Waals surface area contributed by atoms with E-state index in [4.69, 9.17) is 16.6 Å². The molecule has 0 aliphatic carbocycles. The Morgan fingerprint density at radius 2 is 1.53 bits per heavy atom. The molecule has 2 aromatic heterocycles. The van der Waals surface area contributed by atoms with Gasteiger partial charge < -0.3 is 19.8 Å². The molecule has 0 unspecified atom stereocenters. The lowest BCUT2D eigenvalue weighted by Gasteiger charge is -2.37. The highest BCUT2D eigenvalue weighted by atomic mass is 35.5. The van der Waals surface area contributed by atoms with Crippen molar-refractivity contribution in [2.45, 2.75) is 6.92 Å². The first-order valence-electron chi connectivity index (χ1n) is 12.4. The highest BCUT2D eigenvalue weighted by Gasteiger charge is 2.21. The van der Waals surface area contributed by atoms with Crippen LogP contribution in [-0.4, -0.2) is 52.1 Å². The number of hydrogen-bond donors (Lipinski definition) is 3. The number of hydrogen-bond acceptors (Lipinski definition) is 5. The standard InChI is InChI=1S/C28H26ClN7O2/c1-18-22(27(37)36(33-18)21-9-5-6-19(29)14-21)17-30-25-15-23-24(32-28(38)31-23)16-26(25)35-12-10-34(11-13-35)20-7-3-2-4-8-20/h2-9,14-17,33H,10-13H2,1H3,(H2,31,32,38). The van der Waals surface area contributed by atoms with E-state index in [-0.39, 0.29) is 11.2 Å². The van der Waals surface area contributed by atoms with E-state index in [1.54, 1.807) is 24.4 Å². The predicted octanol–water partition coefficient (Wildman–Crippen LogP) is 4.37. The summed E-state index contributed by atoms with van der Waals surface area (Å²) >= 11 is 6.13. The Morgan fingerprint density at radius 1 is 0.842 bits per heavy atom. The Labute approximate surface area is 223 Å². The highest BCUT2D eigenvalue weighted by molar-refractivity contribution is 6.30. The number of aliphatic imine (C=N–C) groups is 1. The summed E-state index contributed by atoms with van der Waals surface area (Å²) in [6, 6.07) is 21.3. The Kier molecular flexibility index (Phi) is 6.13. The van der Waals surface area contributed by atoms with Crippen molar-refractivity contribution in [2.24, 2.45) is 4.99 Å². The van der Waals surface area contributed by atoms with E-state index in [9.17, 15) is 9.59 Å². The van der Waals surface area contributed by atoms with Gasteiger partial charge in [-0.25, -0.2) is 9.48 Å². The van der Waals surface area contributed by atoms with Crippen LogP contribution in [0.3, 0.4) is 0 Å². The predicted molar refractivity (Wildman–Crippen MR) is 153 cm³/mol. The molecule has 3 heterocycles. The molecule has 3 aromatic carbocycles. The van der Waals surface area contributed by atoms with E-state index in [2.05, 4.69) is 37.0 Å². The van der Waals surface area contributed by atoms with Gasteiger partial charge in [0, 0.05) is 48.8 Å². The average molecular weight is 528 g/mol. The minimum Gasteiger partial charge on any atom is -0.368 e. The van der Waals surface area contributed by atoms with E-state index in [1.165, 1.54) is 10.4 Å². The minimum atomic E-state index is -0.271. The first kappa shape index (κ1) is 23.9. The van der Waals surface area contributed by atoms with Gasteiger partial charge >= 0.3 is 5.69 Å². The van der Waals surface area contributed by atoms with Crippen molar-refractivity contribution in [1.29, 1.82) is 0 Å². The van der Waals surface area contributed by atoms with Crippen LogP contribution in [-0.2, 0) is 0 Å². The number of nitrogens with one attached hydrogen (secondary N) is 3. The maximum Gasteiger partial charge on any atom is 0.323 e. The molecule has 0 spiro atoms. The molecular weight excluding hydrogens is 502 g/mol. The first-order chi connectivity index (χ1) is 18.5. The number of rotatable bonds is 5. The number of nitrogens with zero attached hydrogens (tertiary/aromatic N) is 4. The molecule has 1 saturated heterocycles. The van der Waals surface area contributed by atoms with Gasteiger partial charge in [0.25, 0.3) is 5.56 Å². The zero-order valence-corrected chi connectivity index (χ0v) is 21.5. The summed E-state index contributed by atoms with van der Waals surface area (Å²) < 4.78 is 1.46. The smallest absolute Gasteiger partial charge is 0.323 e. The fourth-order valence-corrected chi connectivity index (χ4v) is 5.09. The van der Waals surface area contributed by atoms with Gasteiger partial charge in [-0.3, -0.25) is 14.9 Å². The third-order valence-electron chi connectivity index (χ3n) is 6.87. The zero-order valence-electron chi connectivity index (χ0n) is 20.7. The molecule has 5 aromatic rings. The number of piperazine rings is 1. The van der Waals surface area contributed by atoms with E-state index in [0.717, 1.165) is 37.4 Å². The highest BCUT2D eigenvalue weighted by Crippen LogP contribution is 2.33. The number of aromatic amines is 3. The lowest BCUT2D eigenvalue weighted by Crippen LogP contribution is -2.46. The van der Waals surface area contributed by atoms with Crippen LogP contribution in [0.5, 0.6) is 0 Å². The summed E-state index contributed by atoms with van der Waals surface area (Å²) in [6.07, 6.45) is 1.59. The number of para-hydroxylation sites is 1. The SMILES string of the molecule is Cc1[nH]n(-c2cccc(Cl)c2)c(=O)c1C=Nc1cc2[nH]c(=O)[nH]c2cc1N1CCN(c2ccccc2)CC1. The van der Waals surface area contributed by atoms with Gasteiger partial charge in [0.05, 0.1) is 33.7 Å². The Hall–Kier alpha value is -4.50. The molecule has 6 rings (SSSR count). The molecule has 3 N–H and O–H groups in total. The molecule has 0 radical (unpaired) electrons. The van der Waals surface area contributed by atoms with Gasteiger partial charge in [0.1, 0.15) is 0 Å². The van der Waals surface area contributed by atoms with Crippen molar-refractivity contribution in [3.8, 4) is 5.69 Å². The Balaban J connectivity index is 1.34. The molecule has 1 fully saturated rings. The van der Waals surface area contributed by atoms with Gasteiger partial charge in [-0.15, -0.1) is 0 Å². The number of aromatic nitrogens is 4. The van der Waals surface area contributed by atoms with Crippen LogP contribution in [0.4, 0.5) is 17.1 Å². The van der Waals surface area contributed by atoms with Crippen molar-refractivity contribution in [1.82, 2.24) is 19.7 Å². The van der Waals surface area contributed by atoms with Crippen molar-refractivity contribution >= 4 is 45.9 Å². The molecule has 192 valence electrons. The quantitative estimate of drug-likeness (QED) is 0.295. The van der Waals surface area contributed by atoms with Crippen LogP contribution in [0, 0.1) is 6.92 Å². The Morgan fingerprint density at radius 3 is 2.26 bits per heavy atom. The van der Waals surface area contributed by atoms with Gasteiger partial charge in [-0.1, -0.05) is 35.9 Å². The molecule has 0 atom stereocenters. The topological polar surface area (TPSA) is 105 Å². The molecule has 0 amide bonds. The van der Waals surface area contributed by atoms with E-state index in [0.29, 0.717) is 33.2 Å². The molecule has 0 saturated carbocycles. The number of imidazole rings is 1. The molecule has 1 aliphatic rings. The lowest BCUT2D eigenvalue weighted by atomic mass is 10.1. The number of H-pyrrole nitrogens is 3. The van der Waals surface area contributed by atoms with Crippen LogP contribution < -0.4 is 21.0 Å². The number of fused-ring (bicyclic) bond motifs is 1. The first-order valence-corrected chi connectivity index (χ1v) is 12.8. The van der Waals surface area contributed by atoms with Crippen molar-refractivity contribution in [2.75, 3.05) is 36.0 Å². The van der Waals surface area contributed by atoms with Gasteiger partial charge in [0.2, 0.25) is 0 Å². The second kappa shape index (κ2) is 9.75. The minimum absolute atomic E-state index is 0.220. The summed E-state index contributed by atoms with van der Waals surface area (Å²) in [5.74, 6) is 0. The third kappa shape index (κ3) is 4.52. The van der Waals surface area contributed by atoms with Crippen molar-refractivity contribution in [3.63, 3.8) is 0 Å². The maximum atomic E-state index is 13.2. The largest absolute Gasteiger partial charge is 0.368 e. The van der Waals surface area contributed by atoms with Gasteiger partial charge in [-0.05, 0) is 49.4 Å². The maximum absolute atomic E-state index is 13.2. The van der Waals surface area contributed by atoms with Crippen LogP contribution >= 0.6 is 11.6 Å². The fourth-order valence-electron chi connectivity index (χ4n) is 4.90. The van der Waals surface area contributed by atoms with Crippen molar-refractivity contribution in [3.05, 3.63) is 104 Å². The Bertz CT molecular complexity index is 1760. The second-order valence-corrected chi connectivity index (χ2v) is 9.74. The molecule has 1 aliphatic heterocycles.